The van der Waals surface area contributed by atoms with E-state index in [2.05, 4.69) is 4.90 Å². The third-order valence-electron chi connectivity index (χ3n) is 3.90. The van der Waals surface area contributed by atoms with Gasteiger partial charge in [0.05, 0.1) is 18.8 Å². The number of hydrogen-bond acceptors (Lipinski definition) is 3. The quantitative estimate of drug-likeness (QED) is 0.636. The maximum Gasteiger partial charge on any atom is 0.130 e. The summed E-state index contributed by atoms with van der Waals surface area (Å²) in [5, 5.41) is 1.74. The van der Waals surface area contributed by atoms with E-state index >= 15 is 0 Å². The molecule has 1 aliphatic rings. The minimum atomic E-state index is 0.249. The second-order valence-electron chi connectivity index (χ2n) is 5.53. The van der Waals surface area contributed by atoms with Gasteiger partial charge in [0.1, 0.15) is 17.3 Å². The molecule has 0 saturated carbocycles. The van der Waals surface area contributed by atoms with Crippen molar-refractivity contribution in [2.45, 2.75) is 6.61 Å². The average Bonchev–Trinajstić information content (AvgIpc) is 2.62. The van der Waals surface area contributed by atoms with Gasteiger partial charge in [0.2, 0.25) is 0 Å². The molecule has 0 N–H and O–H groups in total. The molecule has 0 bridgehead atoms. The largest absolute Gasteiger partial charge is 0.488 e. The molecule has 2 aromatic carbocycles. The summed E-state index contributed by atoms with van der Waals surface area (Å²) < 4.78 is 11.4. The number of hydrogen-bond donors (Lipinski definition) is 0. The molecule has 3 nitrogen and oxygen atoms in total. The zero-order chi connectivity index (χ0) is 17.8. The number of nitrogens with zero attached hydrogens (tertiary/aromatic N) is 1. The van der Waals surface area contributed by atoms with E-state index in [4.69, 9.17) is 56.5 Å². The highest BCUT2D eigenvalue weighted by Crippen LogP contribution is 2.29. The Hall–Kier alpha value is -1.04. The van der Waals surface area contributed by atoms with Gasteiger partial charge in [-0.05, 0) is 30.3 Å². The number of benzene rings is 2. The Bertz CT molecular complexity index is 759. The van der Waals surface area contributed by atoms with Gasteiger partial charge in [0.25, 0.3) is 0 Å². The second kappa shape index (κ2) is 8.56. The van der Waals surface area contributed by atoms with Gasteiger partial charge in [-0.3, -0.25) is 0 Å². The lowest BCUT2D eigenvalue weighted by molar-refractivity contribution is 0.0692. The molecule has 0 atom stereocenters. The average molecular weight is 417 g/mol. The molecule has 0 aliphatic carbocycles. The van der Waals surface area contributed by atoms with Crippen LogP contribution in [0, 0.1) is 0 Å². The van der Waals surface area contributed by atoms with E-state index in [0.717, 1.165) is 24.2 Å². The first-order valence-corrected chi connectivity index (χ1v) is 9.33. The topological polar surface area (TPSA) is 21.7 Å². The standard InChI is InChI=1S/C18H16Cl3NO2S/c19-12-4-5-17(24-11-14-15(20)2-1-3-16(14)21)13(10-12)18(25)22-6-8-23-9-7-22/h1-5,10H,6-9,11H2. The molecule has 0 aromatic heterocycles. The molecule has 0 radical (unpaired) electrons. The molecule has 1 fully saturated rings. The van der Waals surface area contributed by atoms with E-state index in [-0.39, 0.29) is 6.61 Å². The number of thiocarbonyl (C=S) groups is 1. The highest BCUT2D eigenvalue weighted by atomic mass is 35.5. The Morgan fingerprint density at radius 2 is 1.76 bits per heavy atom. The summed E-state index contributed by atoms with van der Waals surface area (Å²) >= 11 is 24.2. The monoisotopic (exact) mass is 415 g/mol. The second-order valence-corrected chi connectivity index (χ2v) is 7.17. The molecule has 0 amide bonds. The molecule has 1 saturated heterocycles. The molecule has 25 heavy (non-hydrogen) atoms. The van der Waals surface area contributed by atoms with Crippen molar-refractivity contribution in [2.75, 3.05) is 26.3 Å². The molecule has 3 rings (SSSR count). The van der Waals surface area contributed by atoms with Gasteiger partial charge < -0.3 is 14.4 Å². The van der Waals surface area contributed by atoms with Gasteiger partial charge in [-0.15, -0.1) is 0 Å². The summed E-state index contributed by atoms with van der Waals surface area (Å²) in [5.74, 6) is 0.650. The van der Waals surface area contributed by atoms with E-state index < -0.39 is 0 Å². The van der Waals surface area contributed by atoms with Crippen LogP contribution in [0.3, 0.4) is 0 Å². The summed E-state index contributed by atoms with van der Waals surface area (Å²) in [4.78, 5) is 2.80. The van der Waals surface area contributed by atoms with Gasteiger partial charge in [-0.25, -0.2) is 0 Å². The van der Waals surface area contributed by atoms with Gasteiger partial charge >= 0.3 is 0 Å². The Balaban J connectivity index is 1.83. The molecule has 132 valence electrons. The van der Waals surface area contributed by atoms with E-state index in [1.807, 2.05) is 12.1 Å². The van der Waals surface area contributed by atoms with Gasteiger partial charge in [0, 0.05) is 33.7 Å². The van der Waals surface area contributed by atoms with E-state index in [1.165, 1.54) is 0 Å². The minimum absolute atomic E-state index is 0.249. The smallest absolute Gasteiger partial charge is 0.130 e. The summed E-state index contributed by atoms with van der Waals surface area (Å²) in [5.41, 5.74) is 1.52. The Labute approximate surface area is 167 Å². The summed E-state index contributed by atoms with van der Waals surface area (Å²) in [6.45, 7) is 3.07. The number of rotatable bonds is 4. The molecule has 0 unspecified atom stereocenters. The van der Waals surface area contributed by atoms with Crippen LogP contribution >= 0.6 is 47.0 Å². The third kappa shape index (κ3) is 4.57. The number of halogens is 3. The third-order valence-corrected chi connectivity index (χ3v) is 5.33. The fourth-order valence-electron chi connectivity index (χ4n) is 2.55. The normalized spacial score (nSPS) is 14.4. The van der Waals surface area contributed by atoms with Crippen LogP contribution in [-0.4, -0.2) is 36.2 Å². The molecule has 2 aromatic rings. The predicted octanol–water partition coefficient (Wildman–Crippen LogP) is 5.23. The lowest BCUT2D eigenvalue weighted by Crippen LogP contribution is -2.40. The molecular formula is C18H16Cl3NO2S. The highest BCUT2D eigenvalue weighted by Gasteiger charge is 2.19. The van der Waals surface area contributed by atoms with E-state index in [1.54, 1.807) is 24.3 Å². The van der Waals surface area contributed by atoms with Crippen molar-refractivity contribution in [1.29, 1.82) is 0 Å². The van der Waals surface area contributed by atoms with Gasteiger partial charge in [-0.2, -0.15) is 0 Å². The van der Waals surface area contributed by atoms with Crippen LogP contribution in [0.25, 0.3) is 0 Å². The van der Waals surface area contributed by atoms with Crippen LogP contribution < -0.4 is 4.74 Å². The summed E-state index contributed by atoms with van der Waals surface area (Å²) in [7, 11) is 0. The first kappa shape index (κ1) is 18.7. The zero-order valence-electron chi connectivity index (χ0n) is 13.3. The molecule has 1 aliphatic heterocycles. The first-order chi connectivity index (χ1) is 12.1. The number of morpholine rings is 1. The zero-order valence-corrected chi connectivity index (χ0v) is 16.4. The van der Waals surface area contributed by atoms with Crippen LogP contribution in [0.4, 0.5) is 0 Å². The molecule has 0 spiro atoms. The van der Waals surface area contributed by atoms with Crippen LogP contribution in [0.15, 0.2) is 36.4 Å². The van der Waals surface area contributed by atoms with Crippen molar-refractivity contribution in [2.24, 2.45) is 0 Å². The van der Waals surface area contributed by atoms with Crippen molar-refractivity contribution in [3.63, 3.8) is 0 Å². The molecular weight excluding hydrogens is 401 g/mol. The van der Waals surface area contributed by atoms with Crippen molar-refractivity contribution < 1.29 is 9.47 Å². The number of ether oxygens (including phenoxy) is 2. The van der Waals surface area contributed by atoms with E-state index in [0.29, 0.717) is 39.0 Å². The summed E-state index contributed by atoms with van der Waals surface area (Å²) in [6, 6.07) is 10.8. The SMILES string of the molecule is S=C(c1cc(Cl)ccc1OCc1c(Cl)cccc1Cl)N1CCOCC1. The van der Waals surface area contributed by atoms with Crippen LogP contribution in [0.5, 0.6) is 5.75 Å². The fourth-order valence-corrected chi connectivity index (χ4v) is 3.57. The summed E-state index contributed by atoms with van der Waals surface area (Å²) in [6.07, 6.45) is 0. The maximum atomic E-state index is 6.21. The van der Waals surface area contributed by atoms with Crippen molar-refractivity contribution in [3.8, 4) is 5.75 Å². The van der Waals surface area contributed by atoms with Crippen LogP contribution in [0.1, 0.15) is 11.1 Å². The molecule has 7 heteroatoms. The predicted molar refractivity (Wildman–Crippen MR) is 106 cm³/mol. The lowest BCUT2D eigenvalue weighted by atomic mass is 10.1. The van der Waals surface area contributed by atoms with Crippen molar-refractivity contribution in [3.05, 3.63) is 62.6 Å². The Morgan fingerprint density at radius 1 is 1.08 bits per heavy atom. The lowest BCUT2D eigenvalue weighted by Gasteiger charge is -2.30. The fraction of sp³-hybridized carbons (Fsp3) is 0.278. The van der Waals surface area contributed by atoms with Gasteiger partial charge in [-0.1, -0.05) is 53.1 Å². The Morgan fingerprint density at radius 3 is 2.44 bits per heavy atom. The minimum Gasteiger partial charge on any atom is -0.488 e. The first-order valence-electron chi connectivity index (χ1n) is 7.78. The van der Waals surface area contributed by atoms with Crippen LogP contribution in [-0.2, 0) is 11.3 Å². The van der Waals surface area contributed by atoms with Crippen LogP contribution in [0.2, 0.25) is 15.1 Å². The van der Waals surface area contributed by atoms with E-state index in [9.17, 15) is 0 Å². The van der Waals surface area contributed by atoms with Crippen molar-refractivity contribution >= 4 is 52.0 Å². The Kier molecular flexibility index (Phi) is 6.42. The van der Waals surface area contributed by atoms with Crippen molar-refractivity contribution in [1.82, 2.24) is 4.90 Å². The highest BCUT2D eigenvalue weighted by molar-refractivity contribution is 7.80. The van der Waals surface area contributed by atoms with Gasteiger partial charge in [0.15, 0.2) is 0 Å². The molecule has 1 heterocycles. The maximum absolute atomic E-state index is 6.21.